The molecule has 3 aromatic carbocycles. The first-order valence-corrected chi connectivity index (χ1v) is 13.7. The third-order valence-corrected chi connectivity index (χ3v) is 8.21. The van der Waals surface area contributed by atoms with Crippen LogP contribution in [0.1, 0.15) is 53.6 Å². The summed E-state index contributed by atoms with van der Waals surface area (Å²) in [5.41, 5.74) is 5.12. The zero-order valence-electron chi connectivity index (χ0n) is 22.1. The number of anilines is 1. The molecule has 39 heavy (non-hydrogen) atoms. The zero-order chi connectivity index (χ0) is 27.4. The van der Waals surface area contributed by atoms with Gasteiger partial charge in [-0.25, -0.2) is 4.98 Å². The number of fused-ring (bicyclic) bond motifs is 2. The number of aliphatic hydroxyl groups is 1. The van der Waals surface area contributed by atoms with Gasteiger partial charge in [-0.05, 0) is 66.3 Å². The summed E-state index contributed by atoms with van der Waals surface area (Å²) in [7, 11) is 0. The Balaban J connectivity index is 1.54. The lowest BCUT2D eigenvalue weighted by Gasteiger charge is -2.23. The van der Waals surface area contributed by atoms with Crippen LogP contribution in [0.25, 0.3) is 16.0 Å². The van der Waals surface area contributed by atoms with Crippen LogP contribution in [0.5, 0.6) is 11.5 Å². The van der Waals surface area contributed by atoms with Gasteiger partial charge in [-0.15, -0.1) is 0 Å². The molecule has 1 N–H and O–H groups in total. The third kappa shape index (κ3) is 4.25. The standard InChI is InChI=1S/C31H28N2O5S/c1-16(2)19-5-7-20(8-6-19)27-25(28(34)21-9-10-22-23(15-21)38-12-11-37-22)29(35)30(36)33(27)31-32-26-18(4)13-17(3)14-24(26)39-31/h5-10,13-16,27,34H,11-12H2,1-4H3/b28-25+/t27-/m0/s1. The van der Waals surface area contributed by atoms with E-state index in [1.807, 2.05) is 50.2 Å². The molecule has 2 aliphatic heterocycles. The van der Waals surface area contributed by atoms with Crippen molar-refractivity contribution >= 4 is 44.1 Å². The Labute approximate surface area is 230 Å². The smallest absolute Gasteiger partial charge is 0.301 e. The van der Waals surface area contributed by atoms with Gasteiger partial charge in [-0.2, -0.15) is 0 Å². The maximum Gasteiger partial charge on any atom is 0.301 e. The summed E-state index contributed by atoms with van der Waals surface area (Å²) < 4.78 is 12.2. The van der Waals surface area contributed by atoms with E-state index < -0.39 is 17.7 Å². The number of hydrogen-bond acceptors (Lipinski definition) is 7. The Morgan fingerprint density at radius 1 is 1.00 bits per heavy atom. The zero-order valence-corrected chi connectivity index (χ0v) is 23.0. The molecule has 0 radical (unpaired) electrons. The van der Waals surface area contributed by atoms with Gasteiger partial charge in [0.1, 0.15) is 19.0 Å². The molecule has 1 amide bonds. The SMILES string of the molecule is Cc1cc(C)c2nc(N3C(=O)C(=O)/C(=C(/O)c4ccc5c(c4)OCCO5)[C@@H]3c3ccc(C(C)C)cc3)sc2c1. The molecule has 0 bridgehead atoms. The minimum atomic E-state index is -0.846. The first-order valence-electron chi connectivity index (χ1n) is 12.9. The molecule has 0 unspecified atom stereocenters. The van der Waals surface area contributed by atoms with Crippen molar-refractivity contribution in [2.75, 3.05) is 18.1 Å². The number of nitrogens with zero attached hydrogens (tertiary/aromatic N) is 2. The van der Waals surface area contributed by atoms with E-state index in [0.29, 0.717) is 46.9 Å². The van der Waals surface area contributed by atoms with Crippen LogP contribution in [0.2, 0.25) is 0 Å². The molecule has 1 fully saturated rings. The van der Waals surface area contributed by atoms with Crippen molar-refractivity contribution in [2.45, 2.75) is 39.7 Å². The van der Waals surface area contributed by atoms with E-state index in [0.717, 1.165) is 26.9 Å². The lowest BCUT2D eigenvalue weighted by atomic mass is 9.93. The monoisotopic (exact) mass is 540 g/mol. The van der Waals surface area contributed by atoms with Gasteiger partial charge in [0.2, 0.25) is 0 Å². The van der Waals surface area contributed by atoms with Gasteiger partial charge in [-0.1, -0.05) is 55.5 Å². The van der Waals surface area contributed by atoms with Crippen molar-refractivity contribution in [1.29, 1.82) is 0 Å². The fraction of sp³-hybridized carbons (Fsp3) is 0.258. The fourth-order valence-corrected chi connectivity index (χ4v) is 6.38. The second-order valence-corrected chi connectivity index (χ2v) is 11.3. The van der Waals surface area contributed by atoms with Crippen molar-refractivity contribution in [3.05, 3.63) is 88.0 Å². The molecule has 1 aromatic heterocycles. The number of ether oxygens (including phenoxy) is 2. The lowest BCUT2D eigenvalue weighted by molar-refractivity contribution is -0.132. The Bertz CT molecular complexity index is 1670. The first kappa shape index (κ1) is 25.1. The fourth-order valence-electron chi connectivity index (χ4n) is 5.22. The van der Waals surface area contributed by atoms with Crippen LogP contribution in [0, 0.1) is 13.8 Å². The molecular weight excluding hydrogens is 512 g/mol. The van der Waals surface area contributed by atoms with Gasteiger partial charge in [-0.3, -0.25) is 14.5 Å². The van der Waals surface area contributed by atoms with E-state index in [4.69, 9.17) is 14.5 Å². The van der Waals surface area contributed by atoms with E-state index in [1.54, 1.807) is 18.2 Å². The van der Waals surface area contributed by atoms with Crippen molar-refractivity contribution in [3.63, 3.8) is 0 Å². The lowest BCUT2D eigenvalue weighted by Crippen LogP contribution is -2.29. The van der Waals surface area contributed by atoms with Gasteiger partial charge >= 0.3 is 5.91 Å². The Morgan fingerprint density at radius 3 is 2.44 bits per heavy atom. The summed E-state index contributed by atoms with van der Waals surface area (Å²) in [5.74, 6) is -0.376. The summed E-state index contributed by atoms with van der Waals surface area (Å²) in [6, 6.07) is 16.1. The summed E-state index contributed by atoms with van der Waals surface area (Å²) in [6.45, 7) is 9.04. The van der Waals surface area contributed by atoms with Gasteiger partial charge in [0, 0.05) is 5.56 Å². The predicted molar refractivity (Wildman–Crippen MR) is 152 cm³/mol. The number of Topliss-reactive ketones (excluding diaryl/α,β-unsaturated/α-hetero) is 1. The highest BCUT2D eigenvalue weighted by atomic mass is 32.1. The molecule has 1 saturated heterocycles. The number of aliphatic hydroxyl groups excluding tert-OH is 1. The first-order chi connectivity index (χ1) is 18.7. The second kappa shape index (κ2) is 9.54. The highest BCUT2D eigenvalue weighted by molar-refractivity contribution is 7.22. The molecule has 8 heteroatoms. The number of carbonyl (C=O) groups is 2. The van der Waals surface area contributed by atoms with Crippen molar-refractivity contribution in [3.8, 4) is 11.5 Å². The normalized spacial score (nSPS) is 18.4. The molecular formula is C31H28N2O5S. The van der Waals surface area contributed by atoms with Crippen LogP contribution in [-0.4, -0.2) is 35.0 Å². The molecule has 1 atom stereocenters. The average molecular weight is 541 g/mol. The highest BCUT2D eigenvalue weighted by Crippen LogP contribution is 2.45. The number of rotatable bonds is 4. The summed E-state index contributed by atoms with van der Waals surface area (Å²) in [4.78, 5) is 33.4. The van der Waals surface area contributed by atoms with E-state index in [-0.39, 0.29) is 11.3 Å². The number of aryl methyl sites for hydroxylation is 2. The van der Waals surface area contributed by atoms with E-state index in [9.17, 15) is 14.7 Å². The maximum atomic E-state index is 13.6. The molecule has 3 heterocycles. The number of aromatic nitrogens is 1. The molecule has 6 rings (SSSR count). The summed E-state index contributed by atoms with van der Waals surface area (Å²) in [6.07, 6.45) is 0. The number of thiazole rings is 1. The second-order valence-electron chi connectivity index (χ2n) is 10.3. The van der Waals surface area contributed by atoms with Crippen LogP contribution in [-0.2, 0) is 9.59 Å². The van der Waals surface area contributed by atoms with Crippen LogP contribution in [0.15, 0.2) is 60.2 Å². The predicted octanol–water partition coefficient (Wildman–Crippen LogP) is 6.43. The number of ketones is 1. The summed E-state index contributed by atoms with van der Waals surface area (Å²) in [5, 5.41) is 12.0. The maximum absolute atomic E-state index is 13.6. The number of hydrogen-bond donors (Lipinski definition) is 1. The topological polar surface area (TPSA) is 89.0 Å². The van der Waals surface area contributed by atoms with Crippen LogP contribution < -0.4 is 14.4 Å². The molecule has 0 saturated carbocycles. The van der Waals surface area contributed by atoms with Crippen molar-refractivity contribution < 1.29 is 24.2 Å². The minimum absolute atomic E-state index is 0.0149. The summed E-state index contributed by atoms with van der Waals surface area (Å²) >= 11 is 1.36. The van der Waals surface area contributed by atoms with Gasteiger partial charge in [0.15, 0.2) is 16.6 Å². The Kier molecular flexibility index (Phi) is 6.14. The minimum Gasteiger partial charge on any atom is -0.507 e. The van der Waals surface area contributed by atoms with Gasteiger partial charge in [0.05, 0.1) is 21.8 Å². The van der Waals surface area contributed by atoms with Crippen LogP contribution in [0.4, 0.5) is 5.13 Å². The third-order valence-electron chi connectivity index (χ3n) is 7.20. The highest BCUT2D eigenvalue weighted by Gasteiger charge is 2.48. The quantitative estimate of drug-likeness (QED) is 0.182. The Morgan fingerprint density at radius 2 is 1.72 bits per heavy atom. The number of benzene rings is 3. The largest absolute Gasteiger partial charge is 0.507 e. The molecule has 2 aliphatic rings. The van der Waals surface area contributed by atoms with Crippen LogP contribution in [0.3, 0.4) is 0 Å². The molecule has 0 spiro atoms. The van der Waals surface area contributed by atoms with Crippen molar-refractivity contribution in [1.82, 2.24) is 4.98 Å². The van der Waals surface area contributed by atoms with E-state index >= 15 is 0 Å². The molecule has 0 aliphatic carbocycles. The molecule has 4 aromatic rings. The van der Waals surface area contributed by atoms with Gasteiger partial charge in [0.25, 0.3) is 5.78 Å². The van der Waals surface area contributed by atoms with E-state index in [2.05, 4.69) is 13.8 Å². The van der Waals surface area contributed by atoms with Gasteiger partial charge < -0.3 is 14.6 Å². The molecule has 7 nitrogen and oxygen atoms in total. The number of amides is 1. The number of carbonyl (C=O) groups excluding carboxylic acids is 2. The average Bonchev–Trinajstić information content (AvgIpc) is 3.46. The Hall–Kier alpha value is -4.17. The molecule has 198 valence electrons. The van der Waals surface area contributed by atoms with Crippen LogP contribution >= 0.6 is 11.3 Å². The van der Waals surface area contributed by atoms with Crippen molar-refractivity contribution in [2.24, 2.45) is 0 Å². The van der Waals surface area contributed by atoms with E-state index in [1.165, 1.54) is 16.2 Å².